The van der Waals surface area contributed by atoms with E-state index in [2.05, 4.69) is 27.5 Å². The molecule has 3 rings (SSSR count). The van der Waals surface area contributed by atoms with Gasteiger partial charge in [-0.15, -0.1) is 0 Å². The first-order chi connectivity index (χ1) is 13.1. The summed E-state index contributed by atoms with van der Waals surface area (Å²) in [7, 11) is 0. The van der Waals surface area contributed by atoms with Crippen LogP contribution in [0.1, 0.15) is 34.1 Å². The molecule has 3 aromatic rings. The van der Waals surface area contributed by atoms with Gasteiger partial charge in [0.25, 0.3) is 5.91 Å². The Bertz CT molecular complexity index is 958. The molecule has 1 aromatic heterocycles. The third-order valence-electron chi connectivity index (χ3n) is 4.21. The predicted octanol–water partition coefficient (Wildman–Crippen LogP) is 4.35. The van der Waals surface area contributed by atoms with Crippen molar-refractivity contribution in [2.75, 3.05) is 10.6 Å². The van der Waals surface area contributed by atoms with Crippen molar-refractivity contribution in [2.24, 2.45) is 0 Å². The average Bonchev–Trinajstić information content (AvgIpc) is 2.67. The van der Waals surface area contributed by atoms with Crippen LogP contribution < -0.4 is 10.6 Å². The molecule has 0 aliphatic heterocycles. The van der Waals surface area contributed by atoms with Gasteiger partial charge in [0, 0.05) is 24.0 Å². The Morgan fingerprint density at radius 1 is 1.15 bits per heavy atom. The second-order valence-electron chi connectivity index (χ2n) is 6.15. The molecule has 0 bridgehead atoms. The van der Waals surface area contributed by atoms with Gasteiger partial charge in [0.2, 0.25) is 5.95 Å². The molecule has 0 aliphatic carbocycles. The molecular weight excluding hydrogens is 343 g/mol. The lowest BCUT2D eigenvalue weighted by molar-refractivity contribution is 0.102. The van der Waals surface area contributed by atoms with E-state index < -0.39 is 0 Å². The Morgan fingerprint density at radius 2 is 1.96 bits per heavy atom. The largest absolute Gasteiger partial charge is 0.350 e. The van der Waals surface area contributed by atoms with Gasteiger partial charge in [0.1, 0.15) is 5.82 Å². The third kappa shape index (κ3) is 4.67. The number of aryl methyl sites for hydroxylation is 2. The van der Waals surface area contributed by atoms with Crippen molar-refractivity contribution in [3.63, 3.8) is 0 Å². The third-order valence-corrected chi connectivity index (χ3v) is 4.21. The van der Waals surface area contributed by atoms with Gasteiger partial charge in [-0.25, -0.2) is 14.4 Å². The smallest absolute Gasteiger partial charge is 0.259 e. The molecule has 0 unspecified atom stereocenters. The van der Waals surface area contributed by atoms with Crippen molar-refractivity contribution in [3.05, 3.63) is 82.9 Å². The molecule has 0 aliphatic rings. The molecule has 5 nitrogen and oxygen atoms in total. The number of rotatable bonds is 6. The quantitative estimate of drug-likeness (QED) is 0.682. The number of nitrogens with one attached hydrogen (secondary N) is 2. The summed E-state index contributed by atoms with van der Waals surface area (Å²) < 4.78 is 13.7. The number of benzene rings is 2. The number of halogens is 1. The van der Waals surface area contributed by atoms with E-state index >= 15 is 0 Å². The van der Waals surface area contributed by atoms with E-state index in [9.17, 15) is 9.18 Å². The second-order valence-corrected chi connectivity index (χ2v) is 6.15. The molecule has 138 valence electrons. The van der Waals surface area contributed by atoms with Gasteiger partial charge in [-0.1, -0.05) is 37.3 Å². The molecule has 2 N–H and O–H groups in total. The molecule has 0 spiro atoms. The lowest BCUT2D eigenvalue weighted by Crippen LogP contribution is -2.16. The maximum atomic E-state index is 13.7. The second kappa shape index (κ2) is 8.40. The zero-order valence-corrected chi connectivity index (χ0v) is 15.3. The van der Waals surface area contributed by atoms with Crippen molar-refractivity contribution in [2.45, 2.75) is 26.8 Å². The molecule has 27 heavy (non-hydrogen) atoms. The first-order valence-electron chi connectivity index (χ1n) is 8.78. The Morgan fingerprint density at radius 3 is 2.70 bits per heavy atom. The number of hydrogen-bond acceptors (Lipinski definition) is 4. The number of carbonyl (C=O) groups excluding carboxylic acids is 1. The van der Waals surface area contributed by atoms with Crippen molar-refractivity contribution < 1.29 is 9.18 Å². The Hall–Kier alpha value is -3.28. The van der Waals surface area contributed by atoms with Crippen LogP contribution in [0.4, 0.5) is 16.0 Å². The van der Waals surface area contributed by atoms with Crippen LogP contribution in [0.25, 0.3) is 0 Å². The van der Waals surface area contributed by atoms with Gasteiger partial charge in [0.05, 0.1) is 11.3 Å². The van der Waals surface area contributed by atoms with Gasteiger partial charge in [-0.2, -0.15) is 0 Å². The molecule has 0 atom stereocenters. The Balaban J connectivity index is 1.68. The van der Waals surface area contributed by atoms with E-state index in [1.165, 1.54) is 12.3 Å². The number of hydrogen-bond donors (Lipinski definition) is 2. The maximum Gasteiger partial charge on any atom is 0.259 e. The highest BCUT2D eigenvalue weighted by Gasteiger charge is 2.12. The van der Waals surface area contributed by atoms with Crippen LogP contribution >= 0.6 is 0 Å². The number of amides is 1. The highest BCUT2D eigenvalue weighted by Crippen LogP contribution is 2.15. The molecular formula is C21H21FN4O. The lowest BCUT2D eigenvalue weighted by atomic mass is 10.1. The summed E-state index contributed by atoms with van der Waals surface area (Å²) in [6.07, 6.45) is 2.37. The van der Waals surface area contributed by atoms with Crippen LogP contribution in [-0.2, 0) is 13.0 Å². The van der Waals surface area contributed by atoms with E-state index in [0.29, 0.717) is 22.8 Å². The zero-order chi connectivity index (χ0) is 19.2. The summed E-state index contributed by atoms with van der Waals surface area (Å²) in [6, 6.07) is 14.2. The normalized spacial score (nSPS) is 10.5. The van der Waals surface area contributed by atoms with Gasteiger partial charge >= 0.3 is 0 Å². The minimum absolute atomic E-state index is 0.263. The fourth-order valence-corrected chi connectivity index (χ4v) is 2.66. The molecule has 0 fully saturated rings. The monoisotopic (exact) mass is 364 g/mol. The van der Waals surface area contributed by atoms with Crippen molar-refractivity contribution in [3.8, 4) is 0 Å². The van der Waals surface area contributed by atoms with E-state index in [1.54, 1.807) is 25.1 Å². The highest BCUT2D eigenvalue weighted by atomic mass is 19.1. The van der Waals surface area contributed by atoms with E-state index in [0.717, 1.165) is 17.7 Å². The lowest BCUT2D eigenvalue weighted by Gasteiger charge is -2.10. The number of aromatic nitrogens is 2. The number of anilines is 2. The van der Waals surface area contributed by atoms with Gasteiger partial charge < -0.3 is 10.6 Å². The van der Waals surface area contributed by atoms with Crippen LogP contribution in [0.5, 0.6) is 0 Å². The summed E-state index contributed by atoms with van der Waals surface area (Å²) in [5.41, 5.74) is 3.35. The van der Waals surface area contributed by atoms with Crippen LogP contribution in [0.3, 0.4) is 0 Å². The summed E-state index contributed by atoms with van der Waals surface area (Å²) in [5.74, 6) is -0.200. The van der Waals surface area contributed by atoms with Gasteiger partial charge in [-0.05, 0) is 37.1 Å². The van der Waals surface area contributed by atoms with Crippen LogP contribution in [-0.4, -0.2) is 15.9 Å². The minimum atomic E-state index is -0.285. The predicted molar refractivity (Wildman–Crippen MR) is 104 cm³/mol. The van der Waals surface area contributed by atoms with E-state index in [1.807, 2.05) is 24.3 Å². The van der Waals surface area contributed by atoms with Crippen molar-refractivity contribution in [1.29, 1.82) is 0 Å². The molecule has 1 amide bonds. The molecule has 6 heteroatoms. The summed E-state index contributed by atoms with van der Waals surface area (Å²) in [4.78, 5) is 21.0. The SMILES string of the molecule is CCc1cccc(NC(=O)c2cnc(NCc3ccccc3F)nc2C)c1. The number of nitrogens with zero attached hydrogens (tertiary/aromatic N) is 2. The first-order valence-corrected chi connectivity index (χ1v) is 8.78. The topological polar surface area (TPSA) is 66.9 Å². The Labute approximate surface area is 157 Å². The summed E-state index contributed by atoms with van der Waals surface area (Å²) in [6.45, 7) is 4.07. The van der Waals surface area contributed by atoms with Crippen LogP contribution in [0.2, 0.25) is 0 Å². The molecule has 0 radical (unpaired) electrons. The zero-order valence-electron chi connectivity index (χ0n) is 15.3. The first kappa shape index (κ1) is 18.5. The van der Waals surface area contributed by atoms with Gasteiger partial charge in [0.15, 0.2) is 0 Å². The minimum Gasteiger partial charge on any atom is -0.350 e. The van der Waals surface area contributed by atoms with Crippen molar-refractivity contribution >= 4 is 17.5 Å². The van der Waals surface area contributed by atoms with Gasteiger partial charge in [-0.3, -0.25) is 4.79 Å². The number of carbonyl (C=O) groups is 1. The fraction of sp³-hybridized carbons (Fsp3) is 0.190. The van der Waals surface area contributed by atoms with Crippen molar-refractivity contribution in [1.82, 2.24) is 9.97 Å². The van der Waals surface area contributed by atoms with Crippen LogP contribution in [0.15, 0.2) is 54.7 Å². The highest BCUT2D eigenvalue weighted by molar-refractivity contribution is 6.04. The molecule has 1 heterocycles. The standard InChI is InChI=1S/C21H21FN4O/c1-3-15-7-6-9-17(11-15)26-20(27)18-13-24-21(25-14(18)2)23-12-16-8-4-5-10-19(16)22/h4-11,13H,3,12H2,1-2H3,(H,26,27)(H,23,24,25). The Kier molecular flexibility index (Phi) is 5.76. The maximum absolute atomic E-state index is 13.7. The van der Waals surface area contributed by atoms with E-state index in [4.69, 9.17) is 0 Å². The average molecular weight is 364 g/mol. The molecule has 0 saturated carbocycles. The molecule has 2 aromatic carbocycles. The fourth-order valence-electron chi connectivity index (χ4n) is 2.66. The van der Waals surface area contributed by atoms with E-state index in [-0.39, 0.29) is 18.3 Å². The molecule has 0 saturated heterocycles. The summed E-state index contributed by atoms with van der Waals surface area (Å²) in [5, 5.41) is 5.85. The summed E-state index contributed by atoms with van der Waals surface area (Å²) >= 11 is 0. The van der Waals surface area contributed by atoms with Crippen LogP contribution in [0, 0.1) is 12.7 Å².